The van der Waals surface area contributed by atoms with Crippen molar-refractivity contribution in [3.63, 3.8) is 0 Å². The SMILES string of the molecule is O=C(NCc1cc2c(s1)CCC2)c1nc(-c2ccccn2)n[nH]1. The van der Waals surface area contributed by atoms with E-state index in [0.29, 0.717) is 18.1 Å². The van der Waals surface area contributed by atoms with Crippen LogP contribution < -0.4 is 5.32 Å². The molecule has 23 heavy (non-hydrogen) atoms. The average Bonchev–Trinajstić information content (AvgIpc) is 3.29. The van der Waals surface area contributed by atoms with Crippen molar-refractivity contribution in [1.82, 2.24) is 25.5 Å². The Balaban J connectivity index is 1.42. The Hall–Kier alpha value is -2.54. The number of hydrogen-bond donors (Lipinski definition) is 2. The van der Waals surface area contributed by atoms with Crippen LogP contribution in [0.5, 0.6) is 0 Å². The van der Waals surface area contributed by atoms with Gasteiger partial charge in [0, 0.05) is 16.0 Å². The quantitative estimate of drug-likeness (QED) is 0.771. The number of fused-ring (bicyclic) bond motifs is 1. The number of nitrogens with zero attached hydrogens (tertiary/aromatic N) is 3. The van der Waals surface area contributed by atoms with E-state index in [0.717, 1.165) is 6.42 Å². The Labute approximate surface area is 137 Å². The normalized spacial score (nSPS) is 13.0. The summed E-state index contributed by atoms with van der Waals surface area (Å²) in [5.74, 6) is 0.369. The molecule has 3 heterocycles. The largest absolute Gasteiger partial charge is 0.344 e. The first-order chi connectivity index (χ1) is 11.3. The number of H-pyrrole nitrogens is 1. The van der Waals surface area contributed by atoms with Crippen LogP contribution >= 0.6 is 11.3 Å². The Morgan fingerprint density at radius 1 is 1.35 bits per heavy atom. The van der Waals surface area contributed by atoms with Crippen molar-refractivity contribution in [1.29, 1.82) is 0 Å². The standard InChI is InChI=1S/C16H15N5OS/c22-16(18-9-11-8-10-4-3-6-13(10)23-11)15-19-14(20-21-15)12-5-1-2-7-17-12/h1-2,5,7-8H,3-4,6,9H2,(H,18,22)(H,19,20,21). The third kappa shape index (κ3) is 2.87. The molecule has 0 radical (unpaired) electrons. The summed E-state index contributed by atoms with van der Waals surface area (Å²) in [4.78, 5) is 23.2. The minimum atomic E-state index is -0.256. The van der Waals surface area contributed by atoms with Crippen molar-refractivity contribution in [2.45, 2.75) is 25.8 Å². The molecule has 1 amide bonds. The summed E-state index contributed by atoms with van der Waals surface area (Å²) in [7, 11) is 0. The third-order valence-electron chi connectivity index (χ3n) is 3.82. The molecule has 0 unspecified atom stereocenters. The second-order valence-corrected chi connectivity index (χ2v) is 6.64. The number of amides is 1. The van der Waals surface area contributed by atoms with Crippen LogP contribution in [0.1, 0.15) is 32.4 Å². The molecule has 1 aliphatic rings. The van der Waals surface area contributed by atoms with E-state index in [2.05, 4.69) is 31.5 Å². The molecule has 0 saturated carbocycles. The summed E-state index contributed by atoms with van der Waals surface area (Å²) in [6.07, 6.45) is 5.25. The molecule has 2 N–H and O–H groups in total. The zero-order valence-corrected chi connectivity index (χ0v) is 13.2. The number of thiophene rings is 1. The van der Waals surface area contributed by atoms with Gasteiger partial charge in [0.05, 0.1) is 6.54 Å². The third-order valence-corrected chi connectivity index (χ3v) is 5.05. The molecule has 0 fully saturated rings. The smallest absolute Gasteiger partial charge is 0.288 e. The number of aromatic nitrogens is 4. The number of nitrogens with one attached hydrogen (secondary N) is 2. The summed E-state index contributed by atoms with van der Waals surface area (Å²) in [5.41, 5.74) is 2.08. The molecule has 0 spiro atoms. The van der Waals surface area contributed by atoms with Gasteiger partial charge in [-0.2, -0.15) is 5.10 Å². The van der Waals surface area contributed by atoms with E-state index in [9.17, 15) is 4.79 Å². The molecule has 1 aliphatic carbocycles. The Kier molecular flexibility index (Phi) is 3.63. The Morgan fingerprint density at radius 3 is 3.13 bits per heavy atom. The number of pyridine rings is 1. The molecule has 7 heteroatoms. The predicted octanol–water partition coefficient (Wildman–Crippen LogP) is 2.35. The highest BCUT2D eigenvalue weighted by Gasteiger charge is 2.17. The number of carbonyl (C=O) groups excluding carboxylic acids is 1. The van der Waals surface area contributed by atoms with Crippen molar-refractivity contribution >= 4 is 17.2 Å². The van der Waals surface area contributed by atoms with E-state index in [1.165, 1.54) is 28.2 Å². The molecule has 3 aromatic heterocycles. The van der Waals surface area contributed by atoms with Gasteiger partial charge in [0.25, 0.3) is 5.91 Å². The Morgan fingerprint density at radius 2 is 2.30 bits per heavy atom. The van der Waals surface area contributed by atoms with Crippen LogP contribution in [0, 0.1) is 0 Å². The summed E-state index contributed by atoms with van der Waals surface area (Å²) in [5, 5.41) is 9.60. The lowest BCUT2D eigenvalue weighted by atomic mass is 10.2. The van der Waals surface area contributed by atoms with Crippen LogP contribution in [-0.4, -0.2) is 26.1 Å². The molecule has 0 saturated heterocycles. The minimum absolute atomic E-state index is 0.203. The van der Waals surface area contributed by atoms with Crippen LogP contribution in [0.2, 0.25) is 0 Å². The second kappa shape index (κ2) is 5.92. The van der Waals surface area contributed by atoms with Gasteiger partial charge >= 0.3 is 0 Å². The van der Waals surface area contributed by atoms with Crippen molar-refractivity contribution in [3.05, 3.63) is 51.6 Å². The molecular weight excluding hydrogens is 310 g/mol. The summed E-state index contributed by atoms with van der Waals surface area (Å²) in [6, 6.07) is 7.68. The number of aromatic amines is 1. The monoisotopic (exact) mass is 325 g/mol. The van der Waals surface area contributed by atoms with Gasteiger partial charge in [0.2, 0.25) is 5.82 Å². The summed E-state index contributed by atoms with van der Waals surface area (Å²) >= 11 is 1.79. The van der Waals surface area contributed by atoms with Gasteiger partial charge in [0.15, 0.2) is 5.82 Å². The molecular formula is C16H15N5OS. The van der Waals surface area contributed by atoms with Crippen molar-refractivity contribution < 1.29 is 4.79 Å². The second-order valence-electron chi connectivity index (χ2n) is 5.42. The van der Waals surface area contributed by atoms with Gasteiger partial charge in [-0.3, -0.25) is 14.9 Å². The predicted molar refractivity (Wildman–Crippen MR) is 87.1 cm³/mol. The number of rotatable bonds is 4. The summed E-state index contributed by atoms with van der Waals surface area (Å²) in [6.45, 7) is 0.524. The molecule has 0 aliphatic heterocycles. The highest BCUT2D eigenvalue weighted by molar-refractivity contribution is 7.12. The van der Waals surface area contributed by atoms with Crippen LogP contribution in [0.15, 0.2) is 30.5 Å². The molecule has 4 rings (SSSR count). The maximum absolute atomic E-state index is 12.2. The van der Waals surface area contributed by atoms with E-state index in [1.807, 2.05) is 12.1 Å². The lowest BCUT2D eigenvalue weighted by Gasteiger charge is -2.00. The van der Waals surface area contributed by atoms with Crippen molar-refractivity contribution in [2.24, 2.45) is 0 Å². The molecule has 0 aromatic carbocycles. The van der Waals surface area contributed by atoms with Gasteiger partial charge in [-0.15, -0.1) is 11.3 Å². The molecule has 6 nitrogen and oxygen atoms in total. The maximum atomic E-state index is 12.2. The van der Waals surface area contributed by atoms with Crippen LogP contribution in [0.4, 0.5) is 0 Å². The van der Waals surface area contributed by atoms with E-state index in [-0.39, 0.29) is 11.7 Å². The van der Waals surface area contributed by atoms with E-state index in [4.69, 9.17) is 0 Å². The lowest BCUT2D eigenvalue weighted by Crippen LogP contribution is -2.23. The fourth-order valence-corrected chi connectivity index (χ4v) is 3.90. The first-order valence-corrected chi connectivity index (χ1v) is 8.34. The van der Waals surface area contributed by atoms with Gasteiger partial charge in [-0.05, 0) is 43.0 Å². The van der Waals surface area contributed by atoms with Crippen LogP contribution in [0.25, 0.3) is 11.5 Å². The fourth-order valence-electron chi connectivity index (χ4n) is 2.70. The molecule has 116 valence electrons. The van der Waals surface area contributed by atoms with Gasteiger partial charge in [0.1, 0.15) is 5.69 Å². The van der Waals surface area contributed by atoms with Gasteiger partial charge in [-0.25, -0.2) is 4.98 Å². The van der Waals surface area contributed by atoms with Crippen molar-refractivity contribution in [2.75, 3.05) is 0 Å². The van der Waals surface area contributed by atoms with Gasteiger partial charge < -0.3 is 5.32 Å². The fraction of sp³-hybridized carbons (Fsp3) is 0.250. The first kappa shape index (κ1) is 14.1. The minimum Gasteiger partial charge on any atom is -0.344 e. The average molecular weight is 325 g/mol. The molecule has 0 atom stereocenters. The van der Waals surface area contributed by atoms with E-state index < -0.39 is 0 Å². The zero-order chi connectivity index (χ0) is 15.6. The molecule has 3 aromatic rings. The van der Waals surface area contributed by atoms with Crippen LogP contribution in [-0.2, 0) is 19.4 Å². The highest BCUT2D eigenvalue weighted by atomic mass is 32.1. The zero-order valence-electron chi connectivity index (χ0n) is 12.4. The Bertz CT molecular complexity index is 818. The van der Waals surface area contributed by atoms with Crippen LogP contribution in [0.3, 0.4) is 0 Å². The lowest BCUT2D eigenvalue weighted by molar-refractivity contribution is 0.0941. The van der Waals surface area contributed by atoms with Crippen molar-refractivity contribution in [3.8, 4) is 11.5 Å². The van der Waals surface area contributed by atoms with E-state index >= 15 is 0 Å². The number of hydrogen-bond acceptors (Lipinski definition) is 5. The number of carbonyl (C=O) groups is 1. The maximum Gasteiger partial charge on any atom is 0.288 e. The van der Waals surface area contributed by atoms with E-state index in [1.54, 1.807) is 23.6 Å². The topological polar surface area (TPSA) is 83.6 Å². The first-order valence-electron chi connectivity index (χ1n) is 7.52. The van der Waals surface area contributed by atoms with Gasteiger partial charge in [-0.1, -0.05) is 6.07 Å². The summed E-state index contributed by atoms with van der Waals surface area (Å²) < 4.78 is 0. The highest BCUT2D eigenvalue weighted by Crippen LogP contribution is 2.30. The molecule has 0 bridgehead atoms. The number of aryl methyl sites for hydroxylation is 2.